The van der Waals surface area contributed by atoms with Crippen molar-refractivity contribution in [3.05, 3.63) is 42.5 Å². The Morgan fingerprint density at radius 2 is 2.35 bits per heavy atom. The number of hydrogen-bond donors (Lipinski definition) is 1. The van der Waals surface area contributed by atoms with Gasteiger partial charge in [0.15, 0.2) is 0 Å². The molecular weight excluding hydrogens is 218 g/mol. The number of carbonyl (C=O) groups is 1. The van der Waals surface area contributed by atoms with E-state index in [0.29, 0.717) is 23.5 Å². The first-order valence-electron chi connectivity index (χ1n) is 5.28. The highest BCUT2D eigenvalue weighted by Crippen LogP contribution is 2.22. The number of anilines is 1. The minimum atomic E-state index is -0.386. The Labute approximate surface area is 98.8 Å². The van der Waals surface area contributed by atoms with Crippen molar-refractivity contribution < 1.29 is 9.53 Å². The minimum absolute atomic E-state index is 0.330. The molecule has 0 atom stereocenters. The molecule has 0 amide bonds. The summed E-state index contributed by atoms with van der Waals surface area (Å²) in [6.07, 6.45) is 4.95. The van der Waals surface area contributed by atoms with Crippen molar-refractivity contribution in [2.24, 2.45) is 0 Å². The Balaban J connectivity index is 2.53. The first-order chi connectivity index (χ1) is 8.24. The van der Waals surface area contributed by atoms with Crippen molar-refractivity contribution in [3.63, 3.8) is 0 Å². The van der Waals surface area contributed by atoms with Crippen molar-refractivity contribution in [1.82, 2.24) is 9.55 Å². The summed E-state index contributed by atoms with van der Waals surface area (Å²) in [5.74, 6) is -0.386. The summed E-state index contributed by atoms with van der Waals surface area (Å²) in [6, 6.07) is 5.14. The van der Waals surface area contributed by atoms with Crippen molar-refractivity contribution >= 4 is 11.7 Å². The zero-order chi connectivity index (χ0) is 12.3. The third kappa shape index (κ3) is 2.13. The number of ether oxygens (including phenoxy) is 1. The summed E-state index contributed by atoms with van der Waals surface area (Å²) in [7, 11) is 0. The van der Waals surface area contributed by atoms with Gasteiger partial charge in [-0.1, -0.05) is 6.07 Å². The van der Waals surface area contributed by atoms with Crippen molar-refractivity contribution in [3.8, 4) is 5.69 Å². The molecule has 0 aliphatic heterocycles. The van der Waals surface area contributed by atoms with E-state index in [2.05, 4.69) is 4.98 Å². The molecule has 17 heavy (non-hydrogen) atoms. The maximum absolute atomic E-state index is 11.8. The first-order valence-corrected chi connectivity index (χ1v) is 5.28. The Morgan fingerprint density at radius 1 is 1.53 bits per heavy atom. The molecule has 1 aromatic carbocycles. The summed E-state index contributed by atoms with van der Waals surface area (Å²) in [5.41, 5.74) is 7.43. The number of rotatable bonds is 3. The lowest BCUT2D eigenvalue weighted by molar-refractivity contribution is 0.0526. The van der Waals surface area contributed by atoms with Crippen LogP contribution in [0.25, 0.3) is 5.69 Å². The Morgan fingerprint density at radius 3 is 3.00 bits per heavy atom. The normalized spacial score (nSPS) is 10.2. The number of nitrogen functional groups attached to an aromatic ring is 1. The van der Waals surface area contributed by atoms with Crippen molar-refractivity contribution in [2.45, 2.75) is 6.92 Å². The van der Waals surface area contributed by atoms with Gasteiger partial charge in [-0.15, -0.1) is 0 Å². The molecule has 0 saturated heterocycles. The lowest BCUT2D eigenvalue weighted by Gasteiger charge is -2.11. The predicted molar refractivity (Wildman–Crippen MR) is 63.9 cm³/mol. The smallest absolute Gasteiger partial charge is 0.340 e. The highest BCUT2D eigenvalue weighted by atomic mass is 16.5. The van der Waals surface area contributed by atoms with Gasteiger partial charge in [0.05, 0.1) is 29.9 Å². The van der Waals surface area contributed by atoms with Crippen LogP contribution in [-0.2, 0) is 4.74 Å². The average Bonchev–Trinajstić information content (AvgIpc) is 2.82. The summed E-state index contributed by atoms with van der Waals surface area (Å²) in [5, 5.41) is 0. The van der Waals surface area contributed by atoms with Gasteiger partial charge in [0.2, 0.25) is 0 Å². The van der Waals surface area contributed by atoms with Crippen molar-refractivity contribution in [2.75, 3.05) is 12.3 Å². The topological polar surface area (TPSA) is 70.1 Å². The highest BCUT2D eigenvalue weighted by Gasteiger charge is 2.15. The fourth-order valence-corrected chi connectivity index (χ4v) is 1.61. The summed E-state index contributed by atoms with van der Waals surface area (Å²) >= 11 is 0. The first kappa shape index (κ1) is 11.2. The third-order valence-electron chi connectivity index (χ3n) is 2.33. The summed E-state index contributed by atoms with van der Waals surface area (Å²) in [6.45, 7) is 2.10. The van der Waals surface area contributed by atoms with Crippen LogP contribution < -0.4 is 5.73 Å². The molecule has 2 aromatic rings. The Hall–Kier alpha value is -2.30. The largest absolute Gasteiger partial charge is 0.462 e. The van der Waals surface area contributed by atoms with Gasteiger partial charge in [0.25, 0.3) is 0 Å². The van der Waals surface area contributed by atoms with Crippen LogP contribution in [0.3, 0.4) is 0 Å². The molecule has 2 N–H and O–H groups in total. The van der Waals surface area contributed by atoms with E-state index in [1.807, 2.05) is 0 Å². The molecular formula is C12H13N3O2. The van der Waals surface area contributed by atoms with Crippen LogP contribution in [0, 0.1) is 0 Å². The SMILES string of the molecule is CCOC(=O)c1cccc(N)c1-n1ccnc1. The lowest BCUT2D eigenvalue weighted by atomic mass is 10.1. The molecule has 1 aromatic heterocycles. The quantitative estimate of drug-likeness (QED) is 0.643. The number of nitrogens with zero attached hydrogens (tertiary/aromatic N) is 2. The van der Waals surface area contributed by atoms with Crippen LogP contribution in [0.4, 0.5) is 5.69 Å². The van der Waals surface area contributed by atoms with Gasteiger partial charge in [-0.2, -0.15) is 0 Å². The van der Waals surface area contributed by atoms with E-state index in [-0.39, 0.29) is 5.97 Å². The second-order valence-corrected chi connectivity index (χ2v) is 3.43. The van der Waals surface area contributed by atoms with E-state index in [9.17, 15) is 4.79 Å². The van der Waals surface area contributed by atoms with Gasteiger partial charge in [0, 0.05) is 12.4 Å². The van der Waals surface area contributed by atoms with E-state index < -0.39 is 0 Å². The maximum Gasteiger partial charge on any atom is 0.340 e. The Bertz CT molecular complexity index is 521. The van der Waals surface area contributed by atoms with E-state index in [4.69, 9.17) is 10.5 Å². The number of esters is 1. The van der Waals surface area contributed by atoms with Crippen LogP contribution in [0.2, 0.25) is 0 Å². The molecule has 0 radical (unpaired) electrons. The maximum atomic E-state index is 11.8. The Kier molecular flexibility index (Phi) is 3.09. The fourth-order valence-electron chi connectivity index (χ4n) is 1.61. The van der Waals surface area contributed by atoms with Crippen LogP contribution in [0.1, 0.15) is 17.3 Å². The number of benzene rings is 1. The number of hydrogen-bond acceptors (Lipinski definition) is 4. The van der Waals surface area contributed by atoms with Crippen LogP contribution in [0.5, 0.6) is 0 Å². The molecule has 5 heteroatoms. The zero-order valence-corrected chi connectivity index (χ0v) is 9.46. The summed E-state index contributed by atoms with van der Waals surface area (Å²) in [4.78, 5) is 15.7. The molecule has 2 rings (SSSR count). The predicted octanol–water partition coefficient (Wildman–Crippen LogP) is 1.63. The molecule has 0 fully saturated rings. The van der Waals surface area contributed by atoms with E-state index in [0.717, 1.165) is 0 Å². The van der Waals surface area contributed by atoms with E-state index in [1.54, 1.807) is 48.4 Å². The molecule has 88 valence electrons. The monoisotopic (exact) mass is 231 g/mol. The number of carbonyl (C=O) groups excluding carboxylic acids is 1. The third-order valence-corrected chi connectivity index (χ3v) is 2.33. The zero-order valence-electron chi connectivity index (χ0n) is 9.46. The second-order valence-electron chi connectivity index (χ2n) is 3.43. The standard InChI is InChI=1S/C12H13N3O2/c1-2-17-12(16)9-4-3-5-10(13)11(9)15-7-6-14-8-15/h3-8H,2,13H2,1H3. The van der Waals surface area contributed by atoms with Gasteiger partial charge in [-0.05, 0) is 19.1 Å². The van der Waals surface area contributed by atoms with Crippen LogP contribution >= 0.6 is 0 Å². The summed E-state index contributed by atoms with van der Waals surface area (Å²) < 4.78 is 6.69. The van der Waals surface area contributed by atoms with Gasteiger partial charge in [-0.3, -0.25) is 0 Å². The molecule has 0 aliphatic carbocycles. The lowest BCUT2D eigenvalue weighted by Crippen LogP contribution is -2.11. The van der Waals surface area contributed by atoms with E-state index >= 15 is 0 Å². The minimum Gasteiger partial charge on any atom is -0.462 e. The molecule has 0 aliphatic rings. The number of nitrogens with two attached hydrogens (primary N) is 1. The number of aromatic nitrogens is 2. The molecule has 0 bridgehead atoms. The fraction of sp³-hybridized carbons (Fsp3) is 0.167. The molecule has 5 nitrogen and oxygen atoms in total. The van der Waals surface area contributed by atoms with Crippen LogP contribution in [0.15, 0.2) is 36.9 Å². The average molecular weight is 231 g/mol. The molecule has 0 spiro atoms. The van der Waals surface area contributed by atoms with E-state index in [1.165, 1.54) is 0 Å². The van der Waals surface area contributed by atoms with Gasteiger partial charge in [-0.25, -0.2) is 9.78 Å². The number of imidazole rings is 1. The van der Waals surface area contributed by atoms with Gasteiger partial charge < -0.3 is 15.0 Å². The molecule has 1 heterocycles. The molecule has 0 unspecified atom stereocenters. The van der Waals surface area contributed by atoms with Crippen molar-refractivity contribution in [1.29, 1.82) is 0 Å². The highest BCUT2D eigenvalue weighted by molar-refractivity contribution is 5.96. The van der Waals surface area contributed by atoms with Gasteiger partial charge >= 0.3 is 5.97 Å². The van der Waals surface area contributed by atoms with Gasteiger partial charge in [0.1, 0.15) is 0 Å². The number of para-hydroxylation sites is 1. The second kappa shape index (κ2) is 4.69. The van der Waals surface area contributed by atoms with Crippen LogP contribution in [-0.4, -0.2) is 22.1 Å². The molecule has 0 saturated carbocycles.